The van der Waals surface area contributed by atoms with E-state index in [4.69, 9.17) is 21.1 Å². The molecule has 0 amide bonds. The fraction of sp³-hybridized carbons (Fsp3) is 0.677. The van der Waals surface area contributed by atoms with Crippen molar-refractivity contribution in [3.63, 3.8) is 0 Å². The Bertz CT molecular complexity index is 863. The molecule has 1 aromatic carbocycles. The van der Waals surface area contributed by atoms with Crippen LogP contribution in [0.1, 0.15) is 90.4 Å². The molecule has 39 heavy (non-hydrogen) atoms. The van der Waals surface area contributed by atoms with Gasteiger partial charge < -0.3 is 19.7 Å². The summed E-state index contributed by atoms with van der Waals surface area (Å²) in [7, 11) is 0. The van der Waals surface area contributed by atoms with Crippen LogP contribution in [0, 0.1) is 5.92 Å². The summed E-state index contributed by atoms with van der Waals surface area (Å²) in [6.07, 6.45) is 14.8. The number of carbonyl (C=O) groups is 2. The highest BCUT2D eigenvalue weighted by Gasteiger charge is 2.41. The first-order chi connectivity index (χ1) is 18.9. The number of hydrogen-bond acceptors (Lipinski definition) is 7. The fourth-order valence-corrected chi connectivity index (χ4v) is 6.19. The van der Waals surface area contributed by atoms with Gasteiger partial charge in [0.2, 0.25) is 0 Å². The number of thioether (sulfide) groups is 1. The SMILES string of the molecule is CCCCCCCCCCOC(=O)CCCC=CCC1C(=O)CC(O)C1SCC(O)COc1cccc(Cl)c1. The number of Topliss-reactive ketones (excluding diaryl/α,β-unsaturated/α-hetero) is 1. The van der Waals surface area contributed by atoms with Crippen LogP contribution in [-0.2, 0) is 14.3 Å². The fourth-order valence-electron chi connectivity index (χ4n) is 4.66. The first kappa shape index (κ1) is 33.7. The number of benzene rings is 1. The Morgan fingerprint density at radius 1 is 1.13 bits per heavy atom. The number of halogens is 1. The van der Waals surface area contributed by atoms with Gasteiger partial charge in [0.1, 0.15) is 18.1 Å². The van der Waals surface area contributed by atoms with Gasteiger partial charge in [-0.1, -0.05) is 81.7 Å². The zero-order chi connectivity index (χ0) is 28.3. The highest BCUT2D eigenvalue weighted by atomic mass is 35.5. The van der Waals surface area contributed by atoms with E-state index in [1.54, 1.807) is 24.3 Å². The van der Waals surface area contributed by atoms with Crippen molar-refractivity contribution < 1.29 is 29.3 Å². The lowest BCUT2D eigenvalue weighted by Crippen LogP contribution is -2.27. The molecule has 0 spiro atoms. The number of rotatable bonds is 21. The molecule has 8 heteroatoms. The van der Waals surface area contributed by atoms with Crippen molar-refractivity contribution in [1.82, 2.24) is 0 Å². The van der Waals surface area contributed by atoms with Crippen LogP contribution in [0.5, 0.6) is 5.75 Å². The summed E-state index contributed by atoms with van der Waals surface area (Å²) in [6.45, 7) is 2.84. The molecule has 1 aliphatic rings. The van der Waals surface area contributed by atoms with Gasteiger partial charge >= 0.3 is 5.97 Å². The van der Waals surface area contributed by atoms with E-state index in [1.807, 2.05) is 12.2 Å². The monoisotopic (exact) mass is 582 g/mol. The van der Waals surface area contributed by atoms with Gasteiger partial charge in [-0.2, -0.15) is 11.8 Å². The van der Waals surface area contributed by atoms with Gasteiger partial charge in [0.15, 0.2) is 0 Å². The Morgan fingerprint density at radius 3 is 2.62 bits per heavy atom. The smallest absolute Gasteiger partial charge is 0.305 e. The third kappa shape index (κ3) is 14.6. The van der Waals surface area contributed by atoms with Crippen molar-refractivity contribution in [2.45, 2.75) is 108 Å². The molecular formula is C31H47ClO6S. The summed E-state index contributed by atoms with van der Waals surface area (Å²) in [5.41, 5.74) is 0. The molecule has 0 heterocycles. The molecule has 0 radical (unpaired) electrons. The Hall–Kier alpha value is -1.54. The van der Waals surface area contributed by atoms with Gasteiger partial charge in [-0.15, -0.1) is 0 Å². The maximum atomic E-state index is 12.4. The van der Waals surface area contributed by atoms with Crippen molar-refractivity contribution in [2.24, 2.45) is 5.92 Å². The number of carbonyl (C=O) groups excluding carboxylic acids is 2. The van der Waals surface area contributed by atoms with Crippen LogP contribution in [0.2, 0.25) is 5.02 Å². The highest BCUT2D eigenvalue weighted by molar-refractivity contribution is 8.00. The third-order valence-electron chi connectivity index (χ3n) is 6.89. The second kappa shape index (κ2) is 20.4. The van der Waals surface area contributed by atoms with Crippen molar-refractivity contribution in [3.05, 3.63) is 41.4 Å². The summed E-state index contributed by atoms with van der Waals surface area (Å²) in [5.74, 6) is 0.576. The molecule has 1 aromatic rings. The lowest BCUT2D eigenvalue weighted by atomic mass is 10.0. The Balaban J connectivity index is 1.56. The molecule has 4 unspecified atom stereocenters. The van der Waals surface area contributed by atoms with E-state index in [-0.39, 0.29) is 35.9 Å². The molecule has 220 valence electrons. The number of aliphatic hydroxyl groups excluding tert-OH is 2. The van der Waals surface area contributed by atoms with Gasteiger partial charge in [-0.05, 0) is 43.9 Å². The first-order valence-corrected chi connectivity index (χ1v) is 16.0. The van der Waals surface area contributed by atoms with Gasteiger partial charge in [-0.25, -0.2) is 0 Å². The number of hydrogen-bond donors (Lipinski definition) is 2. The summed E-state index contributed by atoms with van der Waals surface area (Å²) < 4.78 is 10.9. The Kier molecular flexibility index (Phi) is 17.6. The highest BCUT2D eigenvalue weighted by Crippen LogP contribution is 2.36. The summed E-state index contributed by atoms with van der Waals surface area (Å²) in [6, 6.07) is 6.99. The minimum atomic E-state index is -0.733. The minimum Gasteiger partial charge on any atom is -0.491 e. The van der Waals surface area contributed by atoms with E-state index >= 15 is 0 Å². The van der Waals surface area contributed by atoms with E-state index in [9.17, 15) is 19.8 Å². The van der Waals surface area contributed by atoms with E-state index in [0.29, 0.717) is 42.4 Å². The van der Waals surface area contributed by atoms with Crippen molar-refractivity contribution in [3.8, 4) is 5.75 Å². The molecule has 1 saturated carbocycles. The van der Waals surface area contributed by atoms with Crippen molar-refractivity contribution in [2.75, 3.05) is 19.0 Å². The Labute approximate surface area is 243 Å². The largest absolute Gasteiger partial charge is 0.491 e. The van der Waals surface area contributed by atoms with Gasteiger partial charge in [0, 0.05) is 34.8 Å². The molecule has 1 aliphatic carbocycles. The average Bonchev–Trinajstić information content (AvgIpc) is 3.18. The average molecular weight is 583 g/mol. The topological polar surface area (TPSA) is 93.1 Å². The molecule has 6 nitrogen and oxygen atoms in total. The second-order valence-electron chi connectivity index (χ2n) is 10.4. The van der Waals surface area contributed by atoms with E-state index in [0.717, 1.165) is 19.3 Å². The second-order valence-corrected chi connectivity index (χ2v) is 12.0. The van der Waals surface area contributed by atoms with Crippen LogP contribution in [0.3, 0.4) is 0 Å². The lowest BCUT2D eigenvalue weighted by Gasteiger charge is -2.21. The zero-order valence-corrected chi connectivity index (χ0v) is 25.0. The maximum absolute atomic E-state index is 12.4. The quantitative estimate of drug-likeness (QED) is 0.0921. The minimum absolute atomic E-state index is 0.0545. The normalized spacial score (nSPS) is 20.0. The molecule has 4 atom stereocenters. The number of allylic oxidation sites excluding steroid dienone is 2. The summed E-state index contributed by atoms with van der Waals surface area (Å²) >= 11 is 7.37. The van der Waals surface area contributed by atoms with Crippen LogP contribution in [0.25, 0.3) is 0 Å². The Morgan fingerprint density at radius 2 is 1.87 bits per heavy atom. The number of ketones is 1. The number of unbranched alkanes of at least 4 members (excludes halogenated alkanes) is 8. The summed E-state index contributed by atoms with van der Waals surface area (Å²) in [5, 5.41) is 21.0. The molecule has 2 rings (SSSR count). The van der Waals surface area contributed by atoms with Crippen LogP contribution in [0.4, 0.5) is 0 Å². The first-order valence-electron chi connectivity index (χ1n) is 14.6. The van der Waals surface area contributed by atoms with Crippen molar-refractivity contribution in [1.29, 1.82) is 0 Å². The van der Waals surface area contributed by atoms with Gasteiger partial charge in [0.25, 0.3) is 0 Å². The van der Waals surface area contributed by atoms with Gasteiger partial charge in [0.05, 0.1) is 18.8 Å². The standard InChI is InChI=1S/C31H47ClO6S/c1-2-3-4-5-6-7-10-13-19-37-30(36)18-12-9-8-11-17-27-28(34)21-29(35)31(27)39-23-25(33)22-38-26-16-14-15-24(32)20-26/h8,11,14-16,20,25,27,29,31,33,35H,2-7,9-10,12-13,17-19,21-23H2,1H3. The molecular weight excluding hydrogens is 536 g/mol. The predicted molar refractivity (Wildman–Crippen MR) is 159 cm³/mol. The summed E-state index contributed by atoms with van der Waals surface area (Å²) in [4.78, 5) is 24.4. The molecule has 0 saturated heterocycles. The van der Waals surface area contributed by atoms with Crippen LogP contribution in [-0.4, -0.2) is 58.4 Å². The molecule has 0 aromatic heterocycles. The molecule has 0 aliphatic heterocycles. The number of aliphatic hydroxyl groups is 2. The maximum Gasteiger partial charge on any atom is 0.305 e. The van der Waals surface area contributed by atoms with Crippen molar-refractivity contribution >= 4 is 35.1 Å². The van der Waals surface area contributed by atoms with Gasteiger partial charge in [-0.3, -0.25) is 9.59 Å². The lowest BCUT2D eigenvalue weighted by molar-refractivity contribution is -0.143. The van der Waals surface area contributed by atoms with Crippen LogP contribution >= 0.6 is 23.4 Å². The molecule has 1 fully saturated rings. The molecule has 2 N–H and O–H groups in total. The van der Waals surface area contributed by atoms with E-state index < -0.39 is 12.2 Å². The zero-order valence-electron chi connectivity index (χ0n) is 23.4. The third-order valence-corrected chi connectivity index (χ3v) is 8.73. The number of ether oxygens (including phenoxy) is 2. The molecule has 0 bridgehead atoms. The van der Waals surface area contributed by atoms with E-state index in [2.05, 4.69) is 6.92 Å². The predicted octanol–water partition coefficient (Wildman–Crippen LogP) is 6.93. The number of esters is 1. The van der Waals surface area contributed by atoms with Crippen LogP contribution in [0.15, 0.2) is 36.4 Å². The van der Waals surface area contributed by atoms with E-state index in [1.165, 1.54) is 50.3 Å². The van der Waals surface area contributed by atoms with Crippen LogP contribution < -0.4 is 4.74 Å².